The number of imidazole rings is 1. The molecular formula is C24H26ClN3O. The third-order valence-electron chi connectivity index (χ3n) is 4.89. The molecule has 0 radical (unpaired) electrons. The van der Waals surface area contributed by atoms with Crippen molar-refractivity contribution < 1.29 is 4.79 Å². The zero-order valence-electron chi connectivity index (χ0n) is 16.6. The summed E-state index contributed by atoms with van der Waals surface area (Å²) in [6.07, 6.45) is 7.17. The van der Waals surface area contributed by atoms with E-state index < -0.39 is 5.91 Å². The fraction of sp³-hybridized carbons (Fsp3) is 0.250. The van der Waals surface area contributed by atoms with Crippen LogP contribution in [0.5, 0.6) is 0 Å². The minimum absolute atomic E-state index is 0.422. The smallest absolute Gasteiger partial charge is 0.245 e. The van der Waals surface area contributed by atoms with E-state index in [0.29, 0.717) is 18.5 Å². The van der Waals surface area contributed by atoms with Crippen molar-refractivity contribution in [3.05, 3.63) is 94.0 Å². The Bertz CT molecular complexity index is 992. The van der Waals surface area contributed by atoms with Crippen LogP contribution in [0, 0.1) is 0 Å². The molecule has 1 aromatic heterocycles. The lowest BCUT2D eigenvalue weighted by molar-refractivity contribution is -0.114. The Kier molecular flexibility index (Phi) is 7.25. The van der Waals surface area contributed by atoms with Crippen LogP contribution < -0.4 is 5.73 Å². The van der Waals surface area contributed by atoms with Crippen molar-refractivity contribution in [2.24, 2.45) is 5.73 Å². The van der Waals surface area contributed by atoms with Crippen LogP contribution in [-0.4, -0.2) is 15.5 Å². The largest absolute Gasteiger partial charge is 0.366 e. The normalized spacial score (nSPS) is 11.6. The maximum Gasteiger partial charge on any atom is 0.245 e. The van der Waals surface area contributed by atoms with Gasteiger partial charge in [0.25, 0.3) is 0 Å². The van der Waals surface area contributed by atoms with Gasteiger partial charge in [0.05, 0.1) is 18.4 Å². The summed E-state index contributed by atoms with van der Waals surface area (Å²) < 4.78 is 2.13. The lowest BCUT2D eigenvalue weighted by Gasteiger charge is -2.13. The first-order chi connectivity index (χ1) is 14.1. The molecule has 2 N–H and O–H groups in total. The number of aromatic nitrogens is 2. The van der Waals surface area contributed by atoms with E-state index in [-0.39, 0.29) is 0 Å². The van der Waals surface area contributed by atoms with Crippen molar-refractivity contribution in [2.45, 2.75) is 39.2 Å². The summed E-state index contributed by atoms with van der Waals surface area (Å²) in [5.41, 5.74) is 9.16. The Morgan fingerprint density at radius 1 is 1.14 bits per heavy atom. The fourth-order valence-electron chi connectivity index (χ4n) is 3.26. The van der Waals surface area contributed by atoms with Gasteiger partial charge >= 0.3 is 0 Å². The van der Waals surface area contributed by atoms with Crippen molar-refractivity contribution in [3.63, 3.8) is 0 Å². The minimum Gasteiger partial charge on any atom is -0.366 e. The number of carbonyl (C=O) groups excluding carboxylic acids is 1. The van der Waals surface area contributed by atoms with Crippen LogP contribution in [0.1, 0.15) is 42.4 Å². The summed E-state index contributed by atoms with van der Waals surface area (Å²) in [5.74, 6) is 0.566. The van der Waals surface area contributed by atoms with Crippen LogP contribution in [0.15, 0.2) is 66.4 Å². The maximum atomic E-state index is 12.1. The second-order valence-electron chi connectivity index (χ2n) is 7.08. The van der Waals surface area contributed by atoms with Crippen LogP contribution in [0.3, 0.4) is 0 Å². The summed E-state index contributed by atoms with van der Waals surface area (Å²) in [5, 5.41) is 0.719. The molecule has 3 rings (SSSR count). The minimum atomic E-state index is -0.422. The summed E-state index contributed by atoms with van der Waals surface area (Å²) in [6, 6.07) is 17.6. The number of hydrogen-bond donors (Lipinski definition) is 1. The molecule has 0 fully saturated rings. The van der Waals surface area contributed by atoms with Crippen LogP contribution in [-0.2, 0) is 24.2 Å². The van der Waals surface area contributed by atoms with E-state index in [0.717, 1.165) is 46.9 Å². The average Bonchev–Trinajstić information content (AvgIpc) is 3.09. The van der Waals surface area contributed by atoms with Crippen molar-refractivity contribution in [1.29, 1.82) is 0 Å². The standard InChI is InChI=1S/C24H26ClN3O/c1-2-3-13-23-27-16-21(28(23)17-19-11-7-8-12-22(19)25)15-20(24(26)29)14-18-9-5-4-6-10-18/h4-12,15-16H,2-3,13-14,17H2,1H3,(H2,26,29)/b20-15+. The molecule has 0 saturated carbocycles. The van der Waals surface area contributed by atoms with E-state index in [1.54, 1.807) is 0 Å². The van der Waals surface area contributed by atoms with Gasteiger partial charge in [-0.25, -0.2) is 4.98 Å². The molecule has 5 heteroatoms. The predicted octanol–water partition coefficient (Wildman–Crippen LogP) is 5.04. The molecule has 1 amide bonds. The third-order valence-corrected chi connectivity index (χ3v) is 5.25. The maximum absolute atomic E-state index is 12.1. The van der Waals surface area contributed by atoms with Gasteiger partial charge in [0, 0.05) is 23.4 Å². The number of unbranched alkanes of at least 4 members (excludes halogenated alkanes) is 1. The number of amides is 1. The van der Waals surface area contributed by atoms with Gasteiger partial charge < -0.3 is 10.3 Å². The van der Waals surface area contributed by atoms with E-state index in [2.05, 4.69) is 16.5 Å². The summed E-state index contributed by atoms with van der Waals surface area (Å²) in [6.45, 7) is 2.76. The molecule has 0 spiro atoms. The SMILES string of the molecule is CCCCc1ncc(/C=C(\Cc2ccccc2)C(N)=O)n1Cc1ccccc1Cl. The lowest BCUT2D eigenvalue weighted by Crippen LogP contribution is -2.16. The average molecular weight is 408 g/mol. The van der Waals surface area contributed by atoms with Gasteiger partial charge in [-0.05, 0) is 29.7 Å². The molecule has 0 aliphatic rings. The number of nitrogens with zero attached hydrogens (tertiary/aromatic N) is 2. The summed E-state index contributed by atoms with van der Waals surface area (Å²) >= 11 is 6.39. The zero-order valence-corrected chi connectivity index (χ0v) is 17.4. The van der Waals surface area contributed by atoms with E-state index in [1.165, 1.54) is 0 Å². The predicted molar refractivity (Wildman–Crippen MR) is 119 cm³/mol. The van der Waals surface area contributed by atoms with E-state index >= 15 is 0 Å². The van der Waals surface area contributed by atoms with Crippen molar-refractivity contribution in [3.8, 4) is 0 Å². The number of benzene rings is 2. The molecule has 0 aliphatic heterocycles. The Labute approximate surface area is 177 Å². The molecule has 0 saturated heterocycles. The van der Waals surface area contributed by atoms with Gasteiger partial charge in [-0.3, -0.25) is 4.79 Å². The monoisotopic (exact) mass is 407 g/mol. The molecule has 0 atom stereocenters. The first-order valence-corrected chi connectivity index (χ1v) is 10.3. The second-order valence-corrected chi connectivity index (χ2v) is 7.48. The highest BCUT2D eigenvalue weighted by Gasteiger charge is 2.13. The van der Waals surface area contributed by atoms with Crippen LogP contribution in [0.4, 0.5) is 0 Å². The Morgan fingerprint density at radius 2 is 1.86 bits per heavy atom. The van der Waals surface area contributed by atoms with Gasteiger partial charge in [0.1, 0.15) is 5.82 Å². The number of rotatable bonds is 9. The summed E-state index contributed by atoms with van der Waals surface area (Å²) in [7, 11) is 0. The van der Waals surface area contributed by atoms with Crippen LogP contribution in [0.2, 0.25) is 5.02 Å². The molecule has 0 aliphatic carbocycles. The van der Waals surface area contributed by atoms with Crippen molar-refractivity contribution in [1.82, 2.24) is 9.55 Å². The fourth-order valence-corrected chi connectivity index (χ4v) is 3.46. The van der Waals surface area contributed by atoms with Crippen molar-refractivity contribution >= 4 is 23.6 Å². The molecule has 3 aromatic rings. The molecule has 150 valence electrons. The molecular weight excluding hydrogens is 382 g/mol. The molecule has 1 heterocycles. The van der Waals surface area contributed by atoms with Crippen LogP contribution >= 0.6 is 11.6 Å². The number of halogens is 1. The topological polar surface area (TPSA) is 60.9 Å². The zero-order chi connectivity index (χ0) is 20.6. The van der Waals surface area contributed by atoms with Gasteiger partial charge in [-0.2, -0.15) is 0 Å². The van der Waals surface area contributed by atoms with E-state index in [9.17, 15) is 4.79 Å². The second kappa shape index (κ2) is 10.1. The van der Waals surface area contributed by atoms with Gasteiger partial charge in [-0.15, -0.1) is 0 Å². The first-order valence-electron chi connectivity index (χ1n) is 9.90. The van der Waals surface area contributed by atoms with Crippen molar-refractivity contribution in [2.75, 3.05) is 0 Å². The van der Waals surface area contributed by atoms with Gasteiger partial charge in [-0.1, -0.05) is 73.5 Å². The molecule has 0 bridgehead atoms. The molecule has 4 nitrogen and oxygen atoms in total. The molecule has 2 aromatic carbocycles. The number of aryl methyl sites for hydroxylation is 1. The Morgan fingerprint density at radius 3 is 2.55 bits per heavy atom. The third kappa shape index (κ3) is 5.58. The molecule has 0 unspecified atom stereocenters. The quantitative estimate of drug-likeness (QED) is 0.505. The first kappa shape index (κ1) is 20.9. The molecule has 29 heavy (non-hydrogen) atoms. The lowest BCUT2D eigenvalue weighted by atomic mass is 10.0. The summed E-state index contributed by atoms with van der Waals surface area (Å²) in [4.78, 5) is 16.7. The van der Waals surface area contributed by atoms with Crippen LogP contribution in [0.25, 0.3) is 6.08 Å². The highest BCUT2D eigenvalue weighted by molar-refractivity contribution is 6.31. The Balaban J connectivity index is 1.98. The number of primary amides is 1. The van der Waals surface area contributed by atoms with Gasteiger partial charge in [0.2, 0.25) is 5.91 Å². The number of hydrogen-bond acceptors (Lipinski definition) is 2. The van der Waals surface area contributed by atoms with E-state index in [4.69, 9.17) is 17.3 Å². The van der Waals surface area contributed by atoms with Gasteiger partial charge in [0.15, 0.2) is 0 Å². The Hall–Kier alpha value is -2.85. The number of carbonyl (C=O) groups is 1. The number of nitrogens with two attached hydrogens (primary N) is 1. The highest BCUT2D eigenvalue weighted by atomic mass is 35.5. The van der Waals surface area contributed by atoms with E-state index in [1.807, 2.05) is 66.9 Å². The highest BCUT2D eigenvalue weighted by Crippen LogP contribution is 2.21.